The summed E-state index contributed by atoms with van der Waals surface area (Å²) in [6.45, 7) is 9.74. The van der Waals surface area contributed by atoms with Gasteiger partial charge >= 0.3 is 0 Å². The van der Waals surface area contributed by atoms with E-state index in [-0.39, 0.29) is 12.1 Å². The molecular weight excluding hydrogens is 596 g/mol. The number of aliphatic imine (C=N–C) groups is 2. The second-order valence-corrected chi connectivity index (χ2v) is 14.0. The number of nitrogens with one attached hydrogen (secondary N) is 6. The standard InChI is InChI=1S/C38H56N10/c1-27-20-28(2)43-26-38(46-25-33-9-5-8-30(47-33)22-39-18-19-40-27)29-14-15-36-37(21-29)45-24-32-11-6-10-31(48-32)23-44-35-13-4-3-12-34(35)41-16-7-17-42-36/h5-11,16-17,20,29,34-40,42,44-46H,3-4,12-15,18-19,21-26H2,1-2H3/b17-7-,27-20-,41-16+,43-28+/t29?,34-,35-,36-,37-,38?/m1/s1. The molecule has 2 saturated carbocycles. The van der Waals surface area contributed by atoms with Crippen LogP contribution in [0.5, 0.6) is 0 Å². The maximum absolute atomic E-state index is 5.08. The Morgan fingerprint density at radius 2 is 1.38 bits per heavy atom. The van der Waals surface area contributed by atoms with Crippen LogP contribution in [0.2, 0.25) is 0 Å². The van der Waals surface area contributed by atoms with E-state index in [0.29, 0.717) is 24.0 Å². The van der Waals surface area contributed by atoms with Gasteiger partial charge in [-0.15, -0.1) is 0 Å². The van der Waals surface area contributed by atoms with Gasteiger partial charge in [-0.2, -0.15) is 0 Å². The minimum atomic E-state index is 0.236. The summed E-state index contributed by atoms with van der Waals surface area (Å²) in [6, 6.07) is 14.4. The zero-order valence-corrected chi connectivity index (χ0v) is 28.9. The van der Waals surface area contributed by atoms with Gasteiger partial charge in [0.15, 0.2) is 0 Å². The van der Waals surface area contributed by atoms with E-state index in [1.54, 1.807) is 0 Å². The first-order valence-electron chi connectivity index (χ1n) is 18.3. The van der Waals surface area contributed by atoms with Crippen molar-refractivity contribution in [2.24, 2.45) is 15.9 Å². The molecular formula is C38H56N10. The molecule has 0 spiro atoms. The number of rotatable bonds is 1. The molecule has 2 fully saturated rings. The van der Waals surface area contributed by atoms with Crippen molar-refractivity contribution in [1.82, 2.24) is 41.9 Å². The number of fused-ring (bicyclic) bond motifs is 6. The highest BCUT2D eigenvalue weighted by Gasteiger charge is 2.34. The van der Waals surface area contributed by atoms with Gasteiger partial charge in [-0.3, -0.25) is 20.0 Å². The van der Waals surface area contributed by atoms with Crippen molar-refractivity contribution < 1.29 is 0 Å². The minimum absolute atomic E-state index is 0.236. The summed E-state index contributed by atoms with van der Waals surface area (Å²) in [5.74, 6) is 0.465. The molecule has 0 saturated heterocycles. The predicted molar refractivity (Wildman–Crippen MR) is 196 cm³/mol. The zero-order chi connectivity index (χ0) is 33.0. The summed E-state index contributed by atoms with van der Waals surface area (Å²) in [5, 5.41) is 22.4. The van der Waals surface area contributed by atoms with E-state index in [9.17, 15) is 0 Å². The van der Waals surface area contributed by atoms with E-state index in [2.05, 4.69) is 100 Å². The molecule has 4 heterocycles. The quantitative estimate of drug-likeness (QED) is 0.274. The van der Waals surface area contributed by atoms with E-state index in [0.717, 1.165) is 106 Å². The molecule has 6 N–H and O–H groups in total. The lowest BCUT2D eigenvalue weighted by Gasteiger charge is -2.40. The zero-order valence-electron chi connectivity index (χ0n) is 28.9. The van der Waals surface area contributed by atoms with Crippen LogP contribution in [0.25, 0.3) is 0 Å². The van der Waals surface area contributed by atoms with Gasteiger partial charge in [0, 0.05) is 81.1 Å². The molecule has 2 aliphatic carbocycles. The molecule has 48 heavy (non-hydrogen) atoms. The normalized spacial score (nSPS) is 33.1. The fraction of sp³-hybridized carbons (Fsp3) is 0.579. The summed E-state index contributed by atoms with van der Waals surface area (Å²) >= 11 is 0. The number of pyridine rings is 2. The van der Waals surface area contributed by atoms with Crippen LogP contribution < -0.4 is 31.9 Å². The van der Waals surface area contributed by atoms with E-state index in [1.165, 1.54) is 19.3 Å². The van der Waals surface area contributed by atoms with Crippen molar-refractivity contribution in [3.8, 4) is 0 Å². The Bertz CT molecular complexity index is 1430. The van der Waals surface area contributed by atoms with Crippen molar-refractivity contribution in [2.45, 2.75) is 115 Å². The van der Waals surface area contributed by atoms with Crippen LogP contribution in [-0.2, 0) is 26.2 Å². The predicted octanol–water partition coefficient (Wildman–Crippen LogP) is 3.91. The third-order valence-corrected chi connectivity index (χ3v) is 10.3. The van der Waals surface area contributed by atoms with Gasteiger partial charge in [-0.1, -0.05) is 25.0 Å². The lowest BCUT2D eigenvalue weighted by molar-refractivity contribution is 0.195. The first-order chi connectivity index (χ1) is 23.6. The number of nitrogens with zero attached hydrogens (tertiary/aromatic N) is 4. The fourth-order valence-electron chi connectivity index (χ4n) is 7.66. The van der Waals surface area contributed by atoms with E-state index in [1.807, 2.05) is 6.21 Å². The van der Waals surface area contributed by atoms with Crippen LogP contribution in [0.15, 0.2) is 70.4 Å². The van der Waals surface area contributed by atoms with E-state index in [4.69, 9.17) is 20.0 Å². The summed E-state index contributed by atoms with van der Waals surface area (Å²) in [7, 11) is 0. The fourth-order valence-corrected chi connectivity index (χ4v) is 7.66. The van der Waals surface area contributed by atoms with Crippen LogP contribution in [-0.4, -0.2) is 71.7 Å². The minimum Gasteiger partial charge on any atom is -0.387 e. The molecule has 2 unspecified atom stereocenters. The lowest BCUT2D eigenvalue weighted by Crippen LogP contribution is -2.53. The highest BCUT2D eigenvalue weighted by atomic mass is 15.1. The van der Waals surface area contributed by atoms with Crippen molar-refractivity contribution in [3.63, 3.8) is 0 Å². The van der Waals surface area contributed by atoms with Gasteiger partial charge in [-0.05, 0) is 94.5 Å². The summed E-state index contributed by atoms with van der Waals surface area (Å²) in [6.07, 6.45) is 16.4. The highest BCUT2D eigenvalue weighted by Crippen LogP contribution is 2.29. The topological polar surface area (TPSA) is 123 Å². The summed E-state index contributed by atoms with van der Waals surface area (Å²) in [5.41, 5.74) is 6.54. The summed E-state index contributed by atoms with van der Waals surface area (Å²) in [4.78, 5) is 20.1. The average Bonchev–Trinajstić information content (AvgIpc) is 3.10. The van der Waals surface area contributed by atoms with Gasteiger partial charge in [0.2, 0.25) is 0 Å². The Balaban J connectivity index is 1.20. The van der Waals surface area contributed by atoms with Crippen LogP contribution in [0.3, 0.4) is 0 Å². The van der Waals surface area contributed by atoms with Gasteiger partial charge in [0.05, 0.1) is 35.4 Å². The molecule has 2 aliphatic heterocycles. The number of hydrogen-bond acceptors (Lipinski definition) is 10. The Morgan fingerprint density at radius 3 is 2.15 bits per heavy atom. The van der Waals surface area contributed by atoms with Crippen LogP contribution in [0.4, 0.5) is 0 Å². The Labute approximate surface area is 287 Å². The smallest absolute Gasteiger partial charge is 0.0652 e. The molecule has 4 bridgehead atoms. The van der Waals surface area contributed by atoms with Crippen LogP contribution >= 0.6 is 0 Å². The molecule has 4 aliphatic rings. The maximum atomic E-state index is 5.08. The maximum Gasteiger partial charge on any atom is 0.0652 e. The molecule has 0 aromatic carbocycles. The molecule has 6 atom stereocenters. The van der Waals surface area contributed by atoms with Gasteiger partial charge in [0.1, 0.15) is 0 Å². The third-order valence-electron chi connectivity index (χ3n) is 10.3. The molecule has 2 aromatic heterocycles. The molecule has 6 rings (SSSR count). The van der Waals surface area contributed by atoms with Gasteiger partial charge < -0.3 is 31.9 Å². The van der Waals surface area contributed by atoms with E-state index >= 15 is 0 Å². The number of hydrogen-bond donors (Lipinski definition) is 6. The van der Waals surface area contributed by atoms with Crippen molar-refractivity contribution in [1.29, 1.82) is 0 Å². The first kappa shape index (κ1) is 34.4. The molecule has 258 valence electrons. The average molecular weight is 653 g/mol. The number of aromatic nitrogens is 2. The first-order valence-corrected chi connectivity index (χ1v) is 18.3. The highest BCUT2D eigenvalue weighted by molar-refractivity contribution is 5.93. The van der Waals surface area contributed by atoms with Crippen LogP contribution in [0, 0.1) is 5.92 Å². The Hall–Kier alpha value is -3.44. The van der Waals surface area contributed by atoms with E-state index < -0.39 is 0 Å². The van der Waals surface area contributed by atoms with Crippen molar-refractivity contribution in [2.75, 3.05) is 19.6 Å². The largest absolute Gasteiger partial charge is 0.387 e. The number of allylic oxidation sites excluding steroid dienone is 3. The van der Waals surface area contributed by atoms with Gasteiger partial charge in [-0.25, -0.2) is 0 Å². The molecule has 10 nitrogen and oxygen atoms in total. The third kappa shape index (κ3) is 10.3. The van der Waals surface area contributed by atoms with Crippen molar-refractivity contribution >= 4 is 11.9 Å². The van der Waals surface area contributed by atoms with Crippen LogP contribution in [0.1, 0.15) is 81.6 Å². The monoisotopic (exact) mass is 652 g/mol. The van der Waals surface area contributed by atoms with Crippen molar-refractivity contribution in [3.05, 3.63) is 83.2 Å². The Morgan fingerprint density at radius 1 is 0.688 bits per heavy atom. The second-order valence-electron chi connectivity index (χ2n) is 14.0. The molecule has 0 amide bonds. The SMILES string of the molecule is C/C1=C/C(C)=N/CC(C2CC[C@H]3N/C=C\C=N\[C@@H]4CCCC[C@H]4NCc4cccc(n4)CN[C@@H]3C2)NCc2cccc(n2)CNCCN1. The Kier molecular flexibility index (Phi) is 12.8. The van der Waals surface area contributed by atoms with Gasteiger partial charge in [0.25, 0.3) is 0 Å². The molecule has 2 aromatic rings. The molecule has 0 radical (unpaired) electrons. The summed E-state index contributed by atoms with van der Waals surface area (Å²) < 4.78 is 0. The molecule has 10 heteroatoms. The lowest BCUT2D eigenvalue weighted by atomic mass is 9.78. The second kappa shape index (κ2) is 17.8.